The minimum atomic E-state index is -3.43. The van der Waals surface area contributed by atoms with E-state index in [1.165, 1.54) is 6.20 Å². The van der Waals surface area contributed by atoms with Gasteiger partial charge in [0.05, 0.1) is 6.61 Å². The summed E-state index contributed by atoms with van der Waals surface area (Å²) in [6, 6.07) is 3.32. The second kappa shape index (κ2) is 5.40. The molecule has 19 heavy (non-hydrogen) atoms. The van der Waals surface area contributed by atoms with Crippen molar-refractivity contribution >= 4 is 21.8 Å². The average molecular weight is 300 g/mol. The van der Waals surface area contributed by atoms with Crippen molar-refractivity contribution in [1.82, 2.24) is 9.29 Å². The smallest absolute Gasteiger partial charge is 0.244 e. The summed E-state index contributed by atoms with van der Waals surface area (Å²) in [5.74, 6) is 0.823. The van der Waals surface area contributed by atoms with Gasteiger partial charge in [0, 0.05) is 42.6 Å². The van der Waals surface area contributed by atoms with Gasteiger partial charge in [-0.05, 0) is 18.6 Å². The van der Waals surface area contributed by atoms with Crippen LogP contribution in [0.3, 0.4) is 0 Å². The van der Waals surface area contributed by atoms with Gasteiger partial charge < -0.3 is 4.74 Å². The van der Waals surface area contributed by atoms with Crippen LogP contribution in [0.2, 0.25) is 0 Å². The summed E-state index contributed by atoms with van der Waals surface area (Å²) in [5.41, 5.74) is 0. The summed E-state index contributed by atoms with van der Waals surface area (Å²) >= 11 is 1.82. The zero-order chi connectivity index (χ0) is 13.3. The molecule has 3 heterocycles. The zero-order valence-corrected chi connectivity index (χ0v) is 12.1. The number of hydrogen-bond acceptors (Lipinski definition) is 5. The molecule has 0 N–H and O–H groups in total. The molecule has 0 amide bonds. The molecule has 2 aliphatic rings. The molecule has 1 aromatic heterocycles. The van der Waals surface area contributed by atoms with Gasteiger partial charge in [-0.15, -0.1) is 0 Å². The Hall–Kier alpha value is -0.630. The van der Waals surface area contributed by atoms with E-state index in [1.807, 2.05) is 11.8 Å². The average Bonchev–Trinajstić information content (AvgIpc) is 2.47. The van der Waals surface area contributed by atoms with Crippen molar-refractivity contribution < 1.29 is 13.2 Å². The molecule has 0 radical (unpaired) electrons. The van der Waals surface area contributed by atoms with E-state index in [4.69, 9.17) is 4.74 Å². The van der Waals surface area contributed by atoms with Crippen molar-refractivity contribution in [2.75, 3.05) is 25.5 Å². The maximum atomic E-state index is 12.7. The van der Waals surface area contributed by atoms with Crippen molar-refractivity contribution in [3.05, 3.63) is 24.5 Å². The van der Waals surface area contributed by atoms with Crippen molar-refractivity contribution in [2.45, 2.75) is 22.6 Å². The van der Waals surface area contributed by atoms with Crippen LogP contribution >= 0.6 is 11.8 Å². The lowest BCUT2D eigenvalue weighted by atomic mass is 10.1. The normalized spacial score (nSPS) is 28.8. The van der Waals surface area contributed by atoms with E-state index in [-0.39, 0.29) is 16.2 Å². The van der Waals surface area contributed by atoms with Crippen LogP contribution < -0.4 is 0 Å². The quantitative estimate of drug-likeness (QED) is 0.815. The van der Waals surface area contributed by atoms with Crippen LogP contribution in [0.1, 0.15) is 6.42 Å². The molecule has 2 fully saturated rings. The maximum Gasteiger partial charge on any atom is 0.244 e. The summed E-state index contributed by atoms with van der Waals surface area (Å²) < 4.78 is 32.5. The molecule has 0 aromatic carbocycles. The van der Waals surface area contributed by atoms with Gasteiger partial charge in [-0.25, -0.2) is 8.42 Å². The van der Waals surface area contributed by atoms with Crippen LogP contribution in [-0.2, 0) is 14.8 Å². The van der Waals surface area contributed by atoms with Gasteiger partial charge in [0.25, 0.3) is 0 Å². The predicted molar refractivity (Wildman–Crippen MR) is 73.6 cm³/mol. The summed E-state index contributed by atoms with van der Waals surface area (Å²) in [6.45, 7) is 1.86. The number of pyridine rings is 1. The number of thioether (sulfide) groups is 1. The van der Waals surface area contributed by atoms with Crippen LogP contribution in [-0.4, -0.2) is 54.5 Å². The Morgan fingerprint density at radius 3 is 3.16 bits per heavy atom. The molecule has 1 aromatic rings. The molecule has 7 heteroatoms. The van der Waals surface area contributed by atoms with Gasteiger partial charge in [-0.2, -0.15) is 16.1 Å². The largest absolute Gasteiger partial charge is 0.380 e. The van der Waals surface area contributed by atoms with E-state index < -0.39 is 10.0 Å². The van der Waals surface area contributed by atoms with Crippen LogP contribution in [0.5, 0.6) is 0 Å². The second-order valence-corrected chi connectivity index (χ2v) is 7.88. The number of aromatic nitrogens is 1. The fourth-order valence-corrected chi connectivity index (χ4v) is 5.73. The van der Waals surface area contributed by atoms with E-state index in [9.17, 15) is 8.42 Å². The number of ether oxygens (including phenoxy) is 1. The third kappa shape index (κ3) is 2.52. The van der Waals surface area contributed by atoms with E-state index in [0.717, 1.165) is 12.2 Å². The summed E-state index contributed by atoms with van der Waals surface area (Å²) in [7, 11) is -3.43. The first-order valence-corrected chi connectivity index (χ1v) is 8.80. The van der Waals surface area contributed by atoms with Gasteiger partial charge >= 0.3 is 0 Å². The minimum absolute atomic E-state index is 0.0534. The van der Waals surface area contributed by atoms with Crippen molar-refractivity contribution in [3.63, 3.8) is 0 Å². The lowest BCUT2D eigenvalue weighted by molar-refractivity contribution is 0.0625. The summed E-state index contributed by atoms with van der Waals surface area (Å²) in [4.78, 5) is 4.20. The molecule has 0 aliphatic carbocycles. The molecule has 0 bridgehead atoms. The molecule has 104 valence electrons. The highest BCUT2D eigenvalue weighted by atomic mass is 32.2. The van der Waals surface area contributed by atoms with Gasteiger partial charge in [-0.1, -0.05) is 0 Å². The van der Waals surface area contributed by atoms with E-state index in [2.05, 4.69) is 4.98 Å². The molecule has 2 saturated heterocycles. The lowest BCUT2D eigenvalue weighted by Gasteiger charge is -2.42. The Labute approximate surface area is 117 Å². The highest BCUT2D eigenvalue weighted by molar-refractivity contribution is 8.00. The third-order valence-electron chi connectivity index (χ3n) is 3.52. The first-order chi connectivity index (χ1) is 9.19. The predicted octanol–water partition coefficient (Wildman–Crippen LogP) is 0.977. The summed E-state index contributed by atoms with van der Waals surface area (Å²) in [5, 5.41) is 0.258. The van der Waals surface area contributed by atoms with Crippen molar-refractivity contribution in [2.24, 2.45) is 0 Å². The number of fused-ring (bicyclic) bond motifs is 1. The topological polar surface area (TPSA) is 59.5 Å². The number of nitrogens with zero attached hydrogens (tertiary/aromatic N) is 2. The molecule has 2 aliphatic heterocycles. The van der Waals surface area contributed by atoms with Gasteiger partial charge in [0.15, 0.2) is 0 Å². The fraction of sp³-hybridized carbons (Fsp3) is 0.583. The third-order valence-corrected chi connectivity index (χ3v) is 6.73. The van der Waals surface area contributed by atoms with Crippen LogP contribution in [0, 0.1) is 0 Å². The van der Waals surface area contributed by atoms with Crippen LogP contribution in [0.15, 0.2) is 29.4 Å². The SMILES string of the molecule is O=S(=O)(c1cccnc1)N1CCS[C@H]2COCC[C@H]21. The van der Waals surface area contributed by atoms with Crippen molar-refractivity contribution in [3.8, 4) is 0 Å². The molecule has 0 saturated carbocycles. The molecular formula is C12H16N2O3S2. The fourth-order valence-electron chi connectivity index (χ4n) is 2.58. The Balaban J connectivity index is 1.91. The van der Waals surface area contributed by atoms with Gasteiger partial charge in [0.2, 0.25) is 10.0 Å². The Kier molecular flexibility index (Phi) is 3.79. The van der Waals surface area contributed by atoms with Gasteiger partial charge in [-0.3, -0.25) is 4.98 Å². The van der Waals surface area contributed by atoms with Gasteiger partial charge in [0.1, 0.15) is 4.90 Å². The number of sulfonamides is 1. The first-order valence-electron chi connectivity index (χ1n) is 6.31. The van der Waals surface area contributed by atoms with E-state index in [1.54, 1.807) is 22.6 Å². The molecule has 2 atom stereocenters. The Morgan fingerprint density at radius 1 is 1.47 bits per heavy atom. The standard InChI is InChI=1S/C12H16N2O3S2/c15-19(16,10-2-1-4-13-8-10)14-5-7-18-12-9-17-6-3-11(12)14/h1-2,4,8,11-12H,3,5-7,9H2/t11-,12+/m1/s1. The maximum absolute atomic E-state index is 12.7. The van der Waals surface area contributed by atoms with E-state index >= 15 is 0 Å². The summed E-state index contributed by atoms with van der Waals surface area (Å²) in [6.07, 6.45) is 3.78. The second-order valence-electron chi connectivity index (χ2n) is 4.64. The minimum Gasteiger partial charge on any atom is -0.380 e. The number of hydrogen-bond donors (Lipinski definition) is 0. The van der Waals surface area contributed by atoms with Crippen molar-refractivity contribution in [1.29, 1.82) is 0 Å². The molecular weight excluding hydrogens is 284 g/mol. The molecule has 0 unspecified atom stereocenters. The Morgan fingerprint density at radius 2 is 2.37 bits per heavy atom. The zero-order valence-electron chi connectivity index (χ0n) is 10.4. The lowest BCUT2D eigenvalue weighted by Crippen LogP contribution is -2.54. The highest BCUT2D eigenvalue weighted by Crippen LogP contribution is 2.33. The Bertz CT molecular complexity index is 533. The molecule has 3 rings (SSSR count). The van der Waals surface area contributed by atoms with E-state index in [0.29, 0.717) is 19.8 Å². The van der Waals surface area contributed by atoms with Crippen LogP contribution in [0.25, 0.3) is 0 Å². The molecule has 0 spiro atoms. The number of rotatable bonds is 2. The molecule has 5 nitrogen and oxygen atoms in total. The highest BCUT2D eigenvalue weighted by Gasteiger charge is 2.40. The monoisotopic (exact) mass is 300 g/mol. The van der Waals surface area contributed by atoms with Crippen LogP contribution in [0.4, 0.5) is 0 Å². The first kappa shape index (κ1) is 13.4.